The molecule has 0 aliphatic rings. The standard InChI is InChI=1S/C15H11FN2O/c1-19-10-6-8-17-14(9-10)12-4-5-13(16)11-3-2-7-18-15(11)12/h2-9H,1H3. The number of ether oxygens (including phenoxy) is 1. The monoisotopic (exact) mass is 254 g/mol. The lowest BCUT2D eigenvalue weighted by molar-refractivity contribution is 0.414. The summed E-state index contributed by atoms with van der Waals surface area (Å²) in [4.78, 5) is 8.55. The highest BCUT2D eigenvalue weighted by molar-refractivity contribution is 5.93. The molecule has 0 aliphatic heterocycles. The maximum atomic E-state index is 13.7. The Balaban J connectivity index is 2.28. The van der Waals surface area contributed by atoms with Crippen molar-refractivity contribution >= 4 is 10.9 Å². The number of methoxy groups -OCH3 is 1. The SMILES string of the molecule is COc1ccnc(-c2ccc(F)c3cccnc23)c1. The van der Waals surface area contributed by atoms with Gasteiger partial charge in [0.1, 0.15) is 11.6 Å². The van der Waals surface area contributed by atoms with E-state index in [-0.39, 0.29) is 5.82 Å². The van der Waals surface area contributed by atoms with Crippen LogP contribution in [0.3, 0.4) is 0 Å². The third kappa shape index (κ3) is 2.01. The summed E-state index contributed by atoms with van der Waals surface area (Å²) in [6, 6.07) is 10.1. The van der Waals surface area contributed by atoms with E-state index in [1.54, 1.807) is 49.8 Å². The first-order valence-electron chi connectivity index (χ1n) is 5.83. The Bertz CT molecular complexity index is 743. The molecule has 2 heterocycles. The molecule has 3 nitrogen and oxygen atoms in total. The van der Waals surface area contributed by atoms with Crippen molar-refractivity contribution in [1.29, 1.82) is 0 Å². The summed E-state index contributed by atoms with van der Waals surface area (Å²) >= 11 is 0. The summed E-state index contributed by atoms with van der Waals surface area (Å²) in [6.07, 6.45) is 3.30. The quantitative estimate of drug-likeness (QED) is 0.702. The van der Waals surface area contributed by atoms with Gasteiger partial charge in [0.25, 0.3) is 0 Å². The zero-order chi connectivity index (χ0) is 13.2. The van der Waals surface area contributed by atoms with Crippen LogP contribution in [0, 0.1) is 5.82 Å². The Morgan fingerprint density at radius 2 is 1.95 bits per heavy atom. The van der Waals surface area contributed by atoms with Crippen LogP contribution >= 0.6 is 0 Å². The normalized spacial score (nSPS) is 10.6. The van der Waals surface area contributed by atoms with Crippen molar-refractivity contribution in [3.63, 3.8) is 0 Å². The second-order valence-corrected chi connectivity index (χ2v) is 4.08. The van der Waals surface area contributed by atoms with Crippen LogP contribution < -0.4 is 4.74 Å². The Kier molecular flexibility index (Phi) is 2.83. The molecule has 0 fully saturated rings. The number of hydrogen-bond acceptors (Lipinski definition) is 3. The number of fused-ring (bicyclic) bond motifs is 1. The minimum atomic E-state index is -0.283. The molecule has 0 radical (unpaired) electrons. The Morgan fingerprint density at radius 1 is 1.05 bits per heavy atom. The third-order valence-electron chi connectivity index (χ3n) is 2.96. The Labute approximate surface area is 109 Å². The molecule has 0 saturated heterocycles. The second kappa shape index (κ2) is 4.65. The van der Waals surface area contributed by atoms with Gasteiger partial charge in [0, 0.05) is 29.4 Å². The molecule has 0 aliphatic carbocycles. The fourth-order valence-electron chi connectivity index (χ4n) is 2.03. The van der Waals surface area contributed by atoms with E-state index in [2.05, 4.69) is 9.97 Å². The van der Waals surface area contributed by atoms with Gasteiger partial charge in [0.05, 0.1) is 18.3 Å². The number of pyridine rings is 2. The molecule has 2 aromatic heterocycles. The molecule has 0 N–H and O–H groups in total. The number of rotatable bonds is 2. The highest BCUT2D eigenvalue weighted by atomic mass is 19.1. The van der Waals surface area contributed by atoms with E-state index in [1.807, 2.05) is 0 Å². The first-order valence-corrected chi connectivity index (χ1v) is 5.83. The van der Waals surface area contributed by atoms with Gasteiger partial charge in [-0.25, -0.2) is 4.39 Å². The van der Waals surface area contributed by atoms with Crippen LogP contribution in [0.5, 0.6) is 5.75 Å². The summed E-state index contributed by atoms with van der Waals surface area (Å²) in [5.74, 6) is 0.424. The Morgan fingerprint density at radius 3 is 2.79 bits per heavy atom. The van der Waals surface area contributed by atoms with Crippen molar-refractivity contribution in [3.8, 4) is 17.0 Å². The average Bonchev–Trinajstić information content (AvgIpc) is 2.48. The van der Waals surface area contributed by atoms with Crippen LogP contribution in [0.15, 0.2) is 48.8 Å². The molecule has 19 heavy (non-hydrogen) atoms. The maximum Gasteiger partial charge on any atom is 0.132 e. The topological polar surface area (TPSA) is 35.0 Å². The lowest BCUT2D eigenvalue weighted by atomic mass is 10.1. The summed E-state index contributed by atoms with van der Waals surface area (Å²) in [7, 11) is 1.60. The van der Waals surface area contributed by atoms with Crippen molar-refractivity contribution < 1.29 is 9.13 Å². The van der Waals surface area contributed by atoms with Crippen molar-refractivity contribution in [2.75, 3.05) is 7.11 Å². The fraction of sp³-hybridized carbons (Fsp3) is 0.0667. The largest absolute Gasteiger partial charge is 0.497 e. The molecule has 0 amide bonds. The number of aromatic nitrogens is 2. The van der Waals surface area contributed by atoms with E-state index in [1.165, 1.54) is 6.07 Å². The summed E-state index contributed by atoms with van der Waals surface area (Å²) in [5, 5.41) is 0.490. The molecule has 0 bridgehead atoms. The number of benzene rings is 1. The van der Waals surface area contributed by atoms with E-state index >= 15 is 0 Å². The molecule has 0 unspecified atom stereocenters. The molecule has 4 heteroatoms. The summed E-state index contributed by atoms with van der Waals surface area (Å²) in [6.45, 7) is 0. The number of hydrogen-bond donors (Lipinski definition) is 0. The molecule has 94 valence electrons. The van der Waals surface area contributed by atoms with E-state index in [4.69, 9.17) is 4.74 Å². The van der Waals surface area contributed by atoms with E-state index in [9.17, 15) is 4.39 Å². The van der Waals surface area contributed by atoms with Crippen LogP contribution in [-0.4, -0.2) is 17.1 Å². The van der Waals surface area contributed by atoms with E-state index in [0.717, 1.165) is 5.56 Å². The molecule has 3 aromatic rings. The zero-order valence-electron chi connectivity index (χ0n) is 10.3. The molecular weight excluding hydrogens is 243 g/mol. The molecule has 0 spiro atoms. The highest BCUT2D eigenvalue weighted by Gasteiger charge is 2.10. The van der Waals surface area contributed by atoms with Crippen LogP contribution in [0.25, 0.3) is 22.2 Å². The van der Waals surface area contributed by atoms with Gasteiger partial charge in [0.15, 0.2) is 0 Å². The predicted octanol–water partition coefficient (Wildman–Crippen LogP) is 3.44. The lowest BCUT2D eigenvalue weighted by Gasteiger charge is -2.07. The van der Waals surface area contributed by atoms with Crippen molar-refractivity contribution in [3.05, 3.63) is 54.6 Å². The maximum absolute atomic E-state index is 13.7. The van der Waals surface area contributed by atoms with Gasteiger partial charge in [0.2, 0.25) is 0 Å². The zero-order valence-corrected chi connectivity index (χ0v) is 10.3. The minimum absolute atomic E-state index is 0.283. The van der Waals surface area contributed by atoms with E-state index in [0.29, 0.717) is 22.3 Å². The van der Waals surface area contributed by atoms with Crippen LogP contribution in [0.1, 0.15) is 0 Å². The van der Waals surface area contributed by atoms with Crippen molar-refractivity contribution in [2.24, 2.45) is 0 Å². The lowest BCUT2D eigenvalue weighted by Crippen LogP contribution is -1.91. The van der Waals surface area contributed by atoms with Gasteiger partial charge in [-0.2, -0.15) is 0 Å². The molecule has 0 saturated carbocycles. The summed E-state index contributed by atoms with van der Waals surface area (Å²) in [5.41, 5.74) is 2.10. The van der Waals surface area contributed by atoms with Gasteiger partial charge in [-0.3, -0.25) is 9.97 Å². The van der Waals surface area contributed by atoms with Crippen molar-refractivity contribution in [2.45, 2.75) is 0 Å². The number of nitrogens with zero attached hydrogens (tertiary/aromatic N) is 2. The fourth-order valence-corrected chi connectivity index (χ4v) is 2.03. The van der Waals surface area contributed by atoms with Crippen LogP contribution in [0.2, 0.25) is 0 Å². The Hall–Kier alpha value is -2.49. The molecule has 3 rings (SSSR count). The predicted molar refractivity (Wildman–Crippen MR) is 71.5 cm³/mol. The minimum Gasteiger partial charge on any atom is -0.497 e. The van der Waals surface area contributed by atoms with Gasteiger partial charge in [-0.05, 0) is 30.3 Å². The molecule has 0 atom stereocenters. The molecule has 1 aromatic carbocycles. The molecular formula is C15H11FN2O. The van der Waals surface area contributed by atoms with Crippen LogP contribution in [-0.2, 0) is 0 Å². The smallest absolute Gasteiger partial charge is 0.132 e. The summed E-state index contributed by atoms with van der Waals surface area (Å²) < 4.78 is 18.9. The first kappa shape index (κ1) is 11.6. The van der Waals surface area contributed by atoms with Gasteiger partial charge in [-0.15, -0.1) is 0 Å². The van der Waals surface area contributed by atoms with Crippen LogP contribution in [0.4, 0.5) is 4.39 Å². The first-order chi connectivity index (χ1) is 9.29. The second-order valence-electron chi connectivity index (χ2n) is 4.08. The van der Waals surface area contributed by atoms with Gasteiger partial charge >= 0.3 is 0 Å². The van der Waals surface area contributed by atoms with Gasteiger partial charge < -0.3 is 4.74 Å². The van der Waals surface area contributed by atoms with E-state index < -0.39 is 0 Å². The van der Waals surface area contributed by atoms with Crippen molar-refractivity contribution in [1.82, 2.24) is 9.97 Å². The average molecular weight is 254 g/mol. The number of halogens is 1. The van der Waals surface area contributed by atoms with Gasteiger partial charge in [-0.1, -0.05) is 0 Å². The third-order valence-corrected chi connectivity index (χ3v) is 2.96. The highest BCUT2D eigenvalue weighted by Crippen LogP contribution is 2.28.